The molecule has 0 amide bonds. The number of halogens is 3. The smallest absolute Gasteiger partial charge is 0.338 e. The average Bonchev–Trinajstić information content (AvgIpc) is 2.78. The van der Waals surface area contributed by atoms with Crippen molar-refractivity contribution in [3.63, 3.8) is 0 Å². The third-order valence-corrected chi connectivity index (χ3v) is 4.93. The Bertz CT molecular complexity index is 1080. The number of carbonyl (C=O) groups is 1. The Balaban J connectivity index is 2.04. The van der Waals surface area contributed by atoms with Gasteiger partial charge in [-0.1, -0.05) is 17.7 Å². The maximum atomic E-state index is 14.9. The molecule has 1 aromatic carbocycles. The number of ether oxygens (including phenoxy) is 3. The SMILES string of the molecule is COC(=O)C1=C(COCCOC(C)C)NC(c2ncccc2F)=NC1c1ccc(Cl)cc1F. The molecule has 0 bridgehead atoms. The Morgan fingerprint density at radius 1 is 1.21 bits per heavy atom. The fourth-order valence-electron chi connectivity index (χ4n) is 3.21. The molecule has 1 N–H and O–H groups in total. The molecule has 0 aliphatic carbocycles. The number of benzene rings is 1. The lowest BCUT2D eigenvalue weighted by Crippen LogP contribution is -2.37. The van der Waals surface area contributed by atoms with Crippen molar-refractivity contribution in [2.24, 2.45) is 4.99 Å². The zero-order valence-corrected chi connectivity index (χ0v) is 19.2. The zero-order chi connectivity index (χ0) is 24.0. The molecule has 0 saturated carbocycles. The van der Waals surface area contributed by atoms with Gasteiger partial charge in [0, 0.05) is 16.8 Å². The molecule has 0 spiro atoms. The van der Waals surface area contributed by atoms with Gasteiger partial charge in [0.1, 0.15) is 17.6 Å². The summed E-state index contributed by atoms with van der Waals surface area (Å²) >= 11 is 5.89. The van der Waals surface area contributed by atoms with E-state index in [1.165, 1.54) is 37.6 Å². The number of amidine groups is 1. The van der Waals surface area contributed by atoms with Gasteiger partial charge in [-0.05, 0) is 38.1 Å². The van der Waals surface area contributed by atoms with E-state index in [1.807, 2.05) is 13.8 Å². The van der Waals surface area contributed by atoms with Crippen molar-refractivity contribution in [3.05, 3.63) is 75.7 Å². The summed E-state index contributed by atoms with van der Waals surface area (Å²) in [6, 6.07) is 5.53. The minimum absolute atomic E-state index is 0.0251. The molecule has 2 heterocycles. The molecule has 33 heavy (non-hydrogen) atoms. The number of rotatable bonds is 9. The fraction of sp³-hybridized carbons (Fsp3) is 0.348. The van der Waals surface area contributed by atoms with E-state index in [0.29, 0.717) is 6.61 Å². The highest BCUT2D eigenvalue weighted by atomic mass is 35.5. The Morgan fingerprint density at radius 2 is 2.00 bits per heavy atom. The summed E-state index contributed by atoms with van der Waals surface area (Å²) in [6.45, 7) is 4.29. The molecule has 10 heteroatoms. The summed E-state index contributed by atoms with van der Waals surface area (Å²) < 4.78 is 45.4. The summed E-state index contributed by atoms with van der Waals surface area (Å²) in [6.07, 6.45) is 1.44. The molecule has 176 valence electrons. The second-order valence-corrected chi connectivity index (χ2v) is 7.80. The number of aliphatic imine (C=N–C) groups is 1. The van der Waals surface area contributed by atoms with E-state index in [9.17, 15) is 13.6 Å². The van der Waals surface area contributed by atoms with E-state index < -0.39 is 23.6 Å². The lowest BCUT2D eigenvalue weighted by molar-refractivity contribution is -0.136. The molecular formula is C23H24ClF2N3O4. The molecule has 0 saturated heterocycles. The van der Waals surface area contributed by atoms with Gasteiger partial charge >= 0.3 is 5.97 Å². The Kier molecular flexibility index (Phi) is 8.49. The van der Waals surface area contributed by atoms with Crippen LogP contribution < -0.4 is 5.32 Å². The van der Waals surface area contributed by atoms with Crippen LogP contribution in [0.1, 0.15) is 31.1 Å². The van der Waals surface area contributed by atoms with Gasteiger partial charge in [-0.2, -0.15) is 0 Å². The molecule has 0 radical (unpaired) electrons. The number of methoxy groups -OCH3 is 1. The second kappa shape index (κ2) is 11.3. The normalized spacial score (nSPS) is 16.0. The third-order valence-electron chi connectivity index (χ3n) is 4.70. The number of nitrogens with zero attached hydrogens (tertiary/aromatic N) is 2. The summed E-state index contributed by atoms with van der Waals surface area (Å²) in [4.78, 5) is 21.2. The minimum atomic E-state index is -1.14. The van der Waals surface area contributed by atoms with Gasteiger partial charge in [0.2, 0.25) is 0 Å². The molecule has 3 rings (SSSR count). The van der Waals surface area contributed by atoms with Crippen molar-refractivity contribution < 1.29 is 27.8 Å². The maximum Gasteiger partial charge on any atom is 0.338 e. The van der Waals surface area contributed by atoms with Crippen LogP contribution in [0.15, 0.2) is 52.8 Å². The first-order chi connectivity index (χ1) is 15.8. The lowest BCUT2D eigenvalue weighted by Gasteiger charge is -2.27. The van der Waals surface area contributed by atoms with Gasteiger partial charge < -0.3 is 19.5 Å². The first-order valence-corrected chi connectivity index (χ1v) is 10.6. The number of carbonyl (C=O) groups excluding carboxylic acids is 1. The number of nitrogens with one attached hydrogen (secondary N) is 1. The van der Waals surface area contributed by atoms with E-state index in [-0.39, 0.29) is 52.7 Å². The predicted octanol–water partition coefficient (Wildman–Crippen LogP) is 3.97. The van der Waals surface area contributed by atoms with Gasteiger partial charge in [0.25, 0.3) is 0 Å². The summed E-state index contributed by atoms with van der Waals surface area (Å²) in [5.74, 6) is -2.02. The number of pyridine rings is 1. The topological polar surface area (TPSA) is 82.0 Å². The van der Waals surface area contributed by atoms with Crippen molar-refractivity contribution in [1.82, 2.24) is 10.3 Å². The van der Waals surface area contributed by atoms with Crippen LogP contribution in [-0.2, 0) is 19.0 Å². The lowest BCUT2D eigenvalue weighted by atomic mass is 9.95. The highest BCUT2D eigenvalue weighted by Gasteiger charge is 2.34. The minimum Gasteiger partial charge on any atom is -0.466 e. The largest absolute Gasteiger partial charge is 0.466 e. The zero-order valence-electron chi connectivity index (χ0n) is 18.4. The number of hydrogen-bond donors (Lipinski definition) is 1. The van der Waals surface area contributed by atoms with Gasteiger partial charge in [-0.25, -0.2) is 18.6 Å². The maximum absolute atomic E-state index is 14.9. The van der Waals surface area contributed by atoms with Gasteiger partial charge in [0.05, 0.1) is 44.3 Å². The van der Waals surface area contributed by atoms with Crippen molar-refractivity contribution in [3.8, 4) is 0 Å². The van der Waals surface area contributed by atoms with E-state index in [2.05, 4.69) is 15.3 Å². The van der Waals surface area contributed by atoms with E-state index >= 15 is 0 Å². The van der Waals surface area contributed by atoms with Crippen molar-refractivity contribution in [1.29, 1.82) is 0 Å². The van der Waals surface area contributed by atoms with Crippen LogP contribution in [0.3, 0.4) is 0 Å². The molecule has 1 unspecified atom stereocenters. The fourth-order valence-corrected chi connectivity index (χ4v) is 3.36. The summed E-state index contributed by atoms with van der Waals surface area (Å²) in [5.41, 5.74) is 0.265. The van der Waals surface area contributed by atoms with E-state index in [0.717, 1.165) is 6.07 Å². The van der Waals surface area contributed by atoms with E-state index in [4.69, 9.17) is 25.8 Å². The third kappa shape index (κ3) is 6.13. The van der Waals surface area contributed by atoms with Gasteiger partial charge in [0.15, 0.2) is 11.7 Å². The first-order valence-electron chi connectivity index (χ1n) is 10.2. The highest BCUT2D eigenvalue weighted by Crippen LogP contribution is 2.34. The Hall–Kier alpha value is -2.88. The quantitative estimate of drug-likeness (QED) is 0.433. The number of esters is 1. The highest BCUT2D eigenvalue weighted by molar-refractivity contribution is 6.30. The average molecular weight is 480 g/mol. The molecular weight excluding hydrogens is 456 g/mol. The van der Waals surface area contributed by atoms with Gasteiger partial charge in [-0.3, -0.25) is 4.99 Å². The monoisotopic (exact) mass is 479 g/mol. The molecule has 7 nitrogen and oxygen atoms in total. The van der Waals surface area contributed by atoms with Crippen molar-refractivity contribution >= 4 is 23.4 Å². The molecule has 1 atom stereocenters. The van der Waals surface area contributed by atoms with Gasteiger partial charge in [-0.15, -0.1) is 0 Å². The van der Waals surface area contributed by atoms with Crippen LogP contribution >= 0.6 is 11.6 Å². The summed E-state index contributed by atoms with van der Waals surface area (Å²) in [7, 11) is 1.21. The Labute approximate surface area is 195 Å². The van der Waals surface area contributed by atoms with Crippen LogP contribution in [0.5, 0.6) is 0 Å². The first kappa shape index (κ1) is 24.8. The van der Waals surface area contributed by atoms with Crippen LogP contribution in [-0.4, -0.2) is 49.8 Å². The predicted molar refractivity (Wildman–Crippen MR) is 119 cm³/mol. The standard InChI is InChI=1S/C23H24ClF2N3O4/c1-13(2)33-10-9-32-12-18-19(23(30)31-3)20(15-7-6-14(24)11-17(15)26)29-22(28-18)21-16(25)5-4-8-27-21/h4-8,11,13,20H,9-10,12H2,1-3H3,(H,28,29). The molecule has 1 aliphatic rings. The van der Waals surface area contributed by atoms with E-state index in [1.54, 1.807) is 0 Å². The number of aromatic nitrogens is 1. The van der Waals surface area contributed by atoms with Crippen LogP contribution in [0, 0.1) is 11.6 Å². The second-order valence-electron chi connectivity index (χ2n) is 7.36. The Morgan fingerprint density at radius 3 is 2.67 bits per heavy atom. The summed E-state index contributed by atoms with van der Waals surface area (Å²) in [5, 5.41) is 3.10. The molecule has 1 aromatic heterocycles. The number of hydrogen-bond acceptors (Lipinski definition) is 7. The van der Waals surface area contributed by atoms with Crippen molar-refractivity contribution in [2.45, 2.75) is 26.0 Å². The van der Waals surface area contributed by atoms with Crippen LogP contribution in [0.4, 0.5) is 8.78 Å². The van der Waals surface area contributed by atoms with Crippen LogP contribution in [0.2, 0.25) is 5.02 Å². The molecule has 1 aliphatic heterocycles. The van der Waals surface area contributed by atoms with Crippen molar-refractivity contribution in [2.75, 3.05) is 26.9 Å². The molecule has 2 aromatic rings. The van der Waals surface area contributed by atoms with Crippen LogP contribution in [0.25, 0.3) is 0 Å². The molecule has 0 fully saturated rings.